The van der Waals surface area contributed by atoms with Crippen molar-refractivity contribution in [2.45, 2.75) is 25.7 Å². The molecule has 1 fully saturated rings. The molecule has 7 nitrogen and oxygen atoms in total. The van der Waals surface area contributed by atoms with Crippen LogP contribution in [-0.4, -0.2) is 71.2 Å². The number of hydrogen-bond acceptors (Lipinski definition) is 7. The van der Waals surface area contributed by atoms with Gasteiger partial charge in [0, 0.05) is 26.2 Å². The van der Waals surface area contributed by atoms with Gasteiger partial charge in [0.25, 0.3) is 0 Å². The van der Waals surface area contributed by atoms with Crippen LogP contribution >= 0.6 is 11.3 Å². The lowest BCUT2D eigenvalue weighted by molar-refractivity contribution is -0.192. The highest BCUT2D eigenvalue weighted by molar-refractivity contribution is 7.18. The number of aliphatic carboxylic acids is 1. The Morgan fingerprint density at radius 2 is 1.74 bits per heavy atom. The third-order valence-electron chi connectivity index (χ3n) is 5.42. The van der Waals surface area contributed by atoms with Crippen molar-refractivity contribution in [2.75, 3.05) is 33.2 Å². The number of carbonyl (C=O) groups is 2. The molecule has 0 spiro atoms. The van der Waals surface area contributed by atoms with Crippen LogP contribution in [0.2, 0.25) is 0 Å². The van der Waals surface area contributed by atoms with Crippen molar-refractivity contribution >= 4 is 33.5 Å². The zero-order valence-electron chi connectivity index (χ0n) is 19.3. The number of benzene rings is 2. The predicted octanol–water partition coefficient (Wildman–Crippen LogP) is 4.27. The van der Waals surface area contributed by atoms with Crippen molar-refractivity contribution in [1.82, 2.24) is 14.8 Å². The van der Waals surface area contributed by atoms with Gasteiger partial charge in [-0.25, -0.2) is 14.6 Å². The predicted molar refractivity (Wildman–Crippen MR) is 126 cm³/mol. The van der Waals surface area contributed by atoms with Crippen LogP contribution in [0.25, 0.3) is 10.2 Å². The Morgan fingerprint density at radius 3 is 2.34 bits per heavy atom. The number of halogens is 3. The maximum atomic E-state index is 13.1. The van der Waals surface area contributed by atoms with Gasteiger partial charge in [0.05, 0.1) is 15.2 Å². The second-order valence-corrected chi connectivity index (χ2v) is 9.33. The molecule has 1 aromatic heterocycles. The van der Waals surface area contributed by atoms with Gasteiger partial charge in [-0.1, -0.05) is 36.4 Å². The lowest BCUT2D eigenvalue weighted by Gasteiger charge is -2.36. The normalized spacial score (nSPS) is 15.8. The first-order valence-corrected chi connectivity index (χ1v) is 11.7. The highest BCUT2D eigenvalue weighted by Crippen LogP contribution is 2.26. The number of alkyl halides is 3. The zero-order valence-corrected chi connectivity index (χ0v) is 20.1. The highest BCUT2D eigenvalue weighted by Gasteiger charge is 2.38. The Kier molecular flexibility index (Phi) is 8.82. The standard InChI is InChI=1S/C22H25N3O2S.C2HF3O2/c1-16-23-19-9-8-17(14-20(19)28-16)15-27-22(26)21(18-6-4-3-5-7-18)25-12-10-24(2)11-13-25;3-2(4,5)1(6)7/h3-9,14,21H,10-13,15H2,1-2H3;(H,6,7). The molecule has 1 unspecified atom stereocenters. The van der Waals surface area contributed by atoms with E-state index in [0.717, 1.165) is 52.5 Å². The average molecular weight is 510 g/mol. The molecule has 0 bridgehead atoms. The number of likely N-dealkylation sites (N-methyl/N-ethyl adjacent to an activating group) is 1. The average Bonchev–Trinajstić information content (AvgIpc) is 3.19. The molecule has 0 saturated carbocycles. The van der Waals surface area contributed by atoms with Gasteiger partial charge in [0.2, 0.25) is 0 Å². The van der Waals surface area contributed by atoms with E-state index >= 15 is 0 Å². The van der Waals surface area contributed by atoms with Crippen LogP contribution < -0.4 is 0 Å². The largest absolute Gasteiger partial charge is 0.490 e. The fourth-order valence-corrected chi connectivity index (χ4v) is 4.51. The fourth-order valence-electron chi connectivity index (χ4n) is 3.62. The highest BCUT2D eigenvalue weighted by atomic mass is 32.1. The van der Waals surface area contributed by atoms with E-state index in [0.29, 0.717) is 0 Å². The van der Waals surface area contributed by atoms with Crippen LogP contribution in [0.4, 0.5) is 13.2 Å². The van der Waals surface area contributed by atoms with Gasteiger partial charge in [0.1, 0.15) is 12.6 Å². The molecule has 3 aromatic rings. The number of nitrogens with zero attached hydrogens (tertiary/aromatic N) is 3. The van der Waals surface area contributed by atoms with Crippen LogP contribution in [0.3, 0.4) is 0 Å². The number of carboxylic acids is 1. The van der Waals surface area contributed by atoms with E-state index in [1.165, 1.54) is 0 Å². The third kappa shape index (κ3) is 7.48. The van der Waals surface area contributed by atoms with E-state index in [-0.39, 0.29) is 18.6 Å². The van der Waals surface area contributed by atoms with Crippen LogP contribution in [0.15, 0.2) is 48.5 Å². The minimum absolute atomic E-state index is 0.184. The lowest BCUT2D eigenvalue weighted by Crippen LogP contribution is -2.48. The number of piperazine rings is 1. The topological polar surface area (TPSA) is 83.0 Å². The van der Waals surface area contributed by atoms with Crippen molar-refractivity contribution in [3.05, 3.63) is 64.7 Å². The van der Waals surface area contributed by atoms with Gasteiger partial charge in [0.15, 0.2) is 0 Å². The van der Waals surface area contributed by atoms with Crippen molar-refractivity contribution in [3.8, 4) is 0 Å². The summed E-state index contributed by atoms with van der Waals surface area (Å²) in [5.74, 6) is -2.94. The van der Waals surface area contributed by atoms with E-state index in [2.05, 4.69) is 27.9 Å². The zero-order chi connectivity index (χ0) is 25.6. The van der Waals surface area contributed by atoms with E-state index in [9.17, 15) is 18.0 Å². The monoisotopic (exact) mass is 509 g/mol. The van der Waals surface area contributed by atoms with Gasteiger partial charge < -0.3 is 14.7 Å². The molecule has 11 heteroatoms. The smallest absolute Gasteiger partial charge is 0.475 e. The van der Waals surface area contributed by atoms with Gasteiger partial charge in [-0.3, -0.25) is 4.90 Å². The van der Waals surface area contributed by atoms with Crippen LogP contribution in [0.5, 0.6) is 0 Å². The molecule has 1 atom stereocenters. The van der Waals surface area contributed by atoms with Crippen LogP contribution in [0.1, 0.15) is 22.2 Å². The van der Waals surface area contributed by atoms with Crippen LogP contribution in [0, 0.1) is 6.92 Å². The third-order valence-corrected chi connectivity index (χ3v) is 6.36. The Labute approximate surface area is 204 Å². The first kappa shape index (κ1) is 26.6. The summed E-state index contributed by atoms with van der Waals surface area (Å²) in [6.07, 6.45) is -5.08. The number of carboxylic acid groups (broad SMARTS) is 1. The van der Waals surface area contributed by atoms with Crippen molar-refractivity contribution < 1.29 is 32.6 Å². The summed E-state index contributed by atoms with van der Waals surface area (Å²) in [5, 5.41) is 8.17. The number of esters is 1. The van der Waals surface area contributed by atoms with Crippen molar-refractivity contribution in [1.29, 1.82) is 0 Å². The first-order chi connectivity index (χ1) is 16.5. The molecule has 0 aliphatic carbocycles. The maximum absolute atomic E-state index is 13.1. The maximum Gasteiger partial charge on any atom is 0.490 e. The minimum Gasteiger partial charge on any atom is -0.475 e. The van der Waals surface area contributed by atoms with E-state index in [4.69, 9.17) is 14.6 Å². The summed E-state index contributed by atoms with van der Waals surface area (Å²) in [7, 11) is 2.12. The molecule has 0 radical (unpaired) electrons. The second-order valence-electron chi connectivity index (χ2n) is 8.10. The summed E-state index contributed by atoms with van der Waals surface area (Å²) in [6.45, 7) is 5.91. The number of thiazole rings is 1. The molecular weight excluding hydrogens is 483 g/mol. The minimum atomic E-state index is -5.08. The number of ether oxygens (including phenoxy) is 1. The van der Waals surface area contributed by atoms with Crippen molar-refractivity contribution in [2.24, 2.45) is 0 Å². The Balaban J connectivity index is 0.000000429. The number of fused-ring (bicyclic) bond motifs is 1. The SMILES string of the molecule is Cc1nc2ccc(COC(=O)C(c3ccccc3)N3CCN(C)CC3)cc2s1.O=C(O)C(F)(F)F. The molecule has 35 heavy (non-hydrogen) atoms. The lowest BCUT2D eigenvalue weighted by atomic mass is 10.0. The summed E-state index contributed by atoms with van der Waals surface area (Å²) >= 11 is 1.66. The molecule has 4 rings (SSSR count). The Morgan fingerprint density at radius 1 is 1.11 bits per heavy atom. The summed E-state index contributed by atoms with van der Waals surface area (Å²) in [6, 6.07) is 15.6. The molecule has 188 valence electrons. The van der Waals surface area contributed by atoms with Crippen molar-refractivity contribution in [3.63, 3.8) is 0 Å². The molecule has 1 aliphatic heterocycles. The quantitative estimate of drug-likeness (QED) is 0.515. The molecule has 1 aliphatic rings. The number of aryl methyl sites for hydroxylation is 1. The Bertz CT molecular complexity index is 1150. The van der Waals surface area contributed by atoms with Crippen LogP contribution in [-0.2, 0) is 20.9 Å². The summed E-state index contributed by atoms with van der Waals surface area (Å²) in [5.41, 5.74) is 2.98. The van der Waals surface area contributed by atoms with E-state index in [1.54, 1.807) is 11.3 Å². The number of aromatic nitrogens is 1. The number of carbonyl (C=O) groups excluding carboxylic acids is 1. The molecule has 1 saturated heterocycles. The van der Waals surface area contributed by atoms with E-state index in [1.807, 2.05) is 49.4 Å². The molecule has 2 heterocycles. The number of rotatable bonds is 5. The van der Waals surface area contributed by atoms with Gasteiger partial charge in [-0.05, 0) is 37.2 Å². The Hall–Kier alpha value is -3.02. The molecule has 2 aromatic carbocycles. The van der Waals surface area contributed by atoms with Gasteiger partial charge >= 0.3 is 18.1 Å². The summed E-state index contributed by atoms with van der Waals surface area (Å²) < 4.78 is 38.6. The molecule has 1 N–H and O–H groups in total. The van der Waals surface area contributed by atoms with E-state index < -0.39 is 12.1 Å². The second kappa shape index (κ2) is 11.6. The first-order valence-electron chi connectivity index (χ1n) is 10.8. The number of hydrogen-bond donors (Lipinski definition) is 1. The fraction of sp³-hybridized carbons (Fsp3) is 0.375. The van der Waals surface area contributed by atoms with Gasteiger partial charge in [-0.2, -0.15) is 13.2 Å². The molecular formula is C24H26F3N3O4S. The van der Waals surface area contributed by atoms with Gasteiger partial charge in [-0.15, -0.1) is 11.3 Å². The summed E-state index contributed by atoms with van der Waals surface area (Å²) in [4.78, 5) is 31.0. The molecule has 0 amide bonds.